The van der Waals surface area contributed by atoms with Crippen molar-refractivity contribution in [2.24, 2.45) is 0 Å². The quantitative estimate of drug-likeness (QED) is 0.845. The number of nitrogens with one attached hydrogen (secondary N) is 2. The molecule has 0 radical (unpaired) electrons. The fourth-order valence-corrected chi connectivity index (χ4v) is 3.91. The molecule has 134 valence electrons. The Balaban J connectivity index is 0.00000261. The number of hydrogen-bond donors (Lipinski definition) is 2. The van der Waals surface area contributed by atoms with Crippen LogP contribution >= 0.6 is 12.4 Å². The number of benzene rings is 1. The highest BCUT2D eigenvalue weighted by molar-refractivity contribution is 7.89. The molecule has 0 aliphatic carbocycles. The van der Waals surface area contributed by atoms with Gasteiger partial charge in [-0.2, -0.15) is 0 Å². The molecule has 0 saturated carbocycles. The number of aromatic nitrogens is 1. The fourth-order valence-electron chi connectivity index (χ4n) is 3.31. The number of halogens is 1. The first-order valence-electron chi connectivity index (χ1n) is 9.43. The molecule has 0 bridgehead atoms. The highest BCUT2D eigenvalue weighted by atomic mass is 35.5. The largest absolute Gasteiger partial charge is 0.361 e. The summed E-state index contributed by atoms with van der Waals surface area (Å²) >= 11 is 0. The van der Waals surface area contributed by atoms with Crippen LogP contribution in [0, 0.1) is 0 Å². The maximum Gasteiger partial charge on any atom is 0.211 e. The Labute approximate surface area is 154 Å². The predicted octanol–water partition coefficient (Wildman–Crippen LogP) is 2.49. The van der Waals surface area contributed by atoms with Crippen LogP contribution in [0.5, 0.6) is 0 Å². The number of hydrogen-bond acceptors (Lipinski definition) is 3. The van der Waals surface area contributed by atoms with Crippen LogP contribution in [0.15, 0.2) is 24.4 Å². The van der Waals surface area contributed by atoms with Crippen LogP contribution < -0.4 is 4.72 Å². The van der Waals surface area contributed by atoms with E-state index < -0.39 is 17.0 Å². The highest BCUT2D eigenvalue weighted by Gasteiger charge is 2.21. The van der Waals surface area contributed by atoms with Crippen LogP contribution in [0.25, 0.3) is 10.9 Å². The Bertz CT molecular complexity index is 875. The van der Waals surface area contributed by atoms with E-state index in [2.05, 4.69) is 23.1 Å². The summed E-state index contributed by atoms with van der Waals surface area (Å²) in [5.74, 6) is 0.265. The molecular weight excluding hydrogens is 346 g/mol. The number of rotatable bonds is 5. The molecule has 0 unspecified atom stereocenters. The molecule has 1 saturated heterocycles. The van der Waals surface area contributed by atoms with Gasteiger partial charge in [-0.3, -0.25) is 0 Å². The SMILES string of the molecule is Cl.[2H]C([2H])([2H])NS(=O)(=O)CCc1ccc2[nH]cc(C3CCN(C)CC3)c2c1. The molecule has 24 heavy (non-hydrogen) atoms. The molecule has 0 atom stereocenters. The second-order valence-corrected chi connectivity index (χ2v) is 8.21. The van der Waals surface area contributed by atoms with E-state index in [0.717, 1.165) is 42.4 Å². The van der Waals surface area contributed by atoms with Crippen molar-refractivity contribution in [3.8, 4) is 0 Å². The number of aromatic amines is 1. The van der Waals surface area contributed by atoms with Crippen LogP contribution in [0.4, 0.5) is 0 Å². The van der Waals surface area contributed by atoms with Crippen LogP contribution in [0.1, 0.15) is 34.0 Å². The first kappa shape index (κ1) is 15.2. The number of piperidine rings is 1. The van der Waals surface area contributed by atoms with Gasteiger partial charge in [0, 0.05) is 21.2 Å². The molecule has 1 fully saturated rings. The zero-order valence-electron chi connectivity index (χ0n) is 16.7. The summed E-state index contributed by atoms with van der Waals surface area (Å²) < 4.78 is 46.7. The third kappa shape index (κ3) is 4.30. The van der Waals surface area contributed by atoms with Crippen molar-refractivity contribution in [2.75, 3.05) is 32.9 Å². The Hall–Kier alpha value is -1.08. The van der Waals surface area contributed by atoms with Crippen molar-refractivity contribution in [3.63, 3.8) is 0 Å². The Morgan fingerprint density at radius 2 is 2.12 bits per heavy atom. The van der Waals surface area contributed by atoms with Crippen molar-refractivity contribution in [1.29, 1.82) is 0 Å². The van der Waals surface area contributed by atoms with E-state index in [-0.39, 0.29) is 24.6 Å². The lowest BCUT2D eigenvalue weighted by atomic mass is 9.89. The zero-order valence-corrected chi connectivity index (χ0v) is 15.3. The molecular formula is C17H26ClN3O2S. The van der Waals surface area contributed by atoms with Crippen molar-refractivity contribution >= 4 is 33.3 Å². The van der Waals surface area contributed by atoms with Gasteiger partial charge in [-0.25, -0.2) is 13.1 Å². The van der Waals surface area contributed by atoms with Gasteiger partial charge in [0.15, 0.2) is 0 Å². The van der Waals surface area contributed by atoms with Crippen LogP contribution in [0.3, 0.4) is 0 Å². The lowest BCUT2D eigenvalue weighted by Crippen LogP contribution is -2.29. The van der Waals surface area contributed by atoms with Gasteiger partial charge in [0.1, 0.15) is 0 Å². The smallest absolute Gasteiger partial charge is 0.211 e. The Kier molecular flexibility index (Phi) is 4.98. The van der Waals surface area contributed by atoms with E-state index in [0.29, 0.717) is 5.92 Å². The maximum atomic E-state index is 11.9. The molecule has 2 heterocycles. The van der Waals surface area contributed by atoms with Crippen LogP contribution in [-0.4, -0.2) is 51.2 Å². The summed E-state index contributed by atoms with van der Waals surface area (Å²) in [5.41, 5.74) is 3.23. The summed E-state index contributed by atoms with van der Waals surface area (Å²) in [6, 6.07) is 5.89. The number of fused-ring (bicyclic) bond motifs is 1. The number of sulfonamides is 1. The van der Waals surface area contributed by atoms with Gasteiger partial charge in [-0.05, 0) is 75.6 Å². The van der Waals surface area contributed by atoms with E-state index in [9.17, 15) is 8.42 Å². The van der Waals surface area contributed by atoms with Gasteiger partial charge in [0.25, 0.3) is 0 Å². The minimum atomic E-state index is -3.84. The van der Waals surface area contributed by atoms with Crippen LogP contribution in [0.2, 0.25) is 0 Å². The number of likely N-dealkylation sites (tertiary alicyclic amines) is 1. The summed E-state index contributed by atoms with van der Waals surface area (Å²) in [5, 5.41) is 1.14. The summed E-state index contributed by atoms with van der Waals surface area (Å²) in [6.45, 7) is -0.531. The summed E-state index contributed by atoms with van der Waals surface area (Å²) in [4.78, 5) is 5.64. The molecule has 2 aromatic rings. The van der Waals surface area contributed by atoms with E-state index in [1.165, 1.54) is 5.56 Å². The van der Waals surface area contributed by atoms with E-state index >= 15 is 0 Å². The minimum Gasteiger partial charge on any atom is -0.361 e. The standard InChI is InChI=1S/C17H25N3O2S.ClH/c1-18-23(21,22)10-7-13-3-4-17-15(11-13)16(12-19-17)14-5-8-20(2)9-6-14;/h3-4,11-12,14,18-19H,5-10H2,1-2H3;1H/i1D3;. The molecule has 1 aromatic carbocycles. The average molecular weight is 375 g/mol. The molecule has 1 aliphatic heterocycles. The second-order valence-electron chi connectivity index (χ2n) is 6.37. The van der Waals surface area contributed by atoms with E-state index in [1.807, 2.05) is 18.2 Å². The first-order valence-corrected chi connectivity index (χ1v) is 9.58. The second kappa shape index (κ2) is 7.87. The maximum absolute atomic E-state index is 11.9. The Morgan fingerprint density at radius 1 is 1.38 bits per heavy atom. The van der Waals surface area contributed by atoms with E-state index in [1.54, 1.807) is 4.72 Å². The lowest BCUT2D eigenvalue weighted by Gasteiger charge is -2.28. The molecule has 0 amide bonds. The third-order valence-corrected chi connectivity index (χ3v) is 5.80. The topological polar surface area (TPSA) is 65.2 Å². The van der Waals surface area contributed by atoms with Crippen molar-refractivity contribution in [1.82, 2.24) is 14.6 Å². The van der Waals surface area contributed by atoms with Crippen LogP contribution in [-0.2, 0) is 16.4 Å². The third-order valence-electron chi connectivity index (χ3n) is 4.75. The summed E-state index contributed by atoms with van der Waals surface area (Å²) in [6.07, 6.45) is 4.58. The molecule has 7 heteroatoms. The van der Waals surface area contributed by atoms with Gasteiger partial charge in [-0.15, -0.1) is 12.4 Å². The highest BCUT2D eigenvalue weighted by Crippen LogP contribution is 2.33. The summed E-state index contributed by atoms with van der Waals surface area (Å²) in [7, 11) is -1.70. The molecule has 1 aliphatic rings. The molecule has 2 N–H and O–H groups in total. The van der Waals surface area contributed by atoms with E-state index in [4.69, 9.17) is 4.11 Å². The first-order chi connectivity index (χ1) is 12.1. The van der Waals surface area contributed by atoms with Gasteiger partial charge in [0.2, 0.25) is 10.0 Å². The average Bonchev–Trinajstić information content (AvgIpc) is 2.95. The number of nitrogens with zero attached hydrogens (tertiary/aromatic N) is 1. The van der Waals surface area contributed by atoms with Gasteiger partial charge in [0.05, 0.1) is 5.75 Å². The lowest BCUT2D eigenvalue weighted by molar-refractivity contribution is 0.256. The monoisotopic (exact) mass is 374 g/mol. The number of aryl methyl sites for hydroxylation is 1. The number of H-pyrrole nitrogens is 1. The van der Waals surface area contributed by atoms with Crippen molar-refractivity contribution in [2.45, 2.75) is 25.2 Å². The minimum absolute atomic E-state index is 0. The molecule has 0 spiro atoms. The fraction of sp³-hybridized carbons (Fsp3) is 0.529. The predicted molar refractivity (Wildman–Crippen MR) is 102 cm³/mol. The van der Waals surface area contributed by atoms with Crippen molar-refractivity contribution in [3.05, 3.63) is 35.5 Å². The van der Waals surface area contributed by atoms with Gasteiger partial charge in [-0.1, -0.05) is 6.07 Å². The molecule has 1 aromatic heterocycles. The zero-order chi connectivity index (χ0) is 18.9. The van der Waals surface area contributed by atoms with Gasteiger partial charge < -0.3 is 9.88 Å². The molecule has 5 nitrogen and oxygen atoms in total. The Morgan fingerprint density at radius 3 is 2.83 bits per heavy atom. The molecule has 3 rings (SSSR count). The van der Waals surface area contributed by atoms with Gasteiger partial charge >= 0.3 is 0 Å². The van der Waals surface area contributed by atoms with Crippen molar-refractivity contribution < 1.29 is 12.5 Å². The normalized spacial score (nSPS) is 19.5.